The van der Waals surface area contributed by atoms with E-state index in [1.54, 1.807) is 38.1 Å². The number of amides is 1. The molecule has 0 spiro atoms. The van der Waals surface area contributed by atoms with Crippen molar-refractivity contribution >= 4 is 24.0 Å². The maximum absolute atomic E-state index is 14.5. The van der Waals surface area contributed by atoms with Crippen molar-refractivity contribution in [2.75, 3.05) is 19.5 Å². The number of halogens is 3. The number of rotatable bonds is 10. The van der Waals surface area contributed by atoms with Gasteiger partial charge in [0.2, 0.25) is 6.41 Å². The Bertz CT molecular complexity index is 1090. The standard InChI is InChI=1S/C24H26F3N3O2S/c1-5-21(32-4)23(24(30(3)13-31)28-20-9-6-14(2)10-19(20)27)29-33-22-12-16(22)15-7-8-17(25)18(26)11-15/h5-11,13,16,22,28-29H,12H2,1-4H3/b21-5+,24-23+. The first-order valence-corrected chi connectivity index (χ1v) is 11.2. The number of nitrogens with zero attached hydrogens (tertiary/aromatic N) is 1. The van der Waals surface area contributed by atoms with Gasteiger partial charge in [0, 0.05) is 12.3 Å². The molecule has 0 aliphatic heterocycles. The number of methoxy groups -OCH3 is 1. The molecule has 0 saturated heterocycles. The number of carbonyl (C=O) groups excluding carboxylic acids is 1. The molecule has 2 unspecified atom stereocenters. The zero-order valence-corrected chi connectivity index (χ0v) is 19.6. The fourth-order valence-corrected chi connectivity index (χ4v) is 4.43. The minimum absolute atomic E-state index is 0.0604. The molecule has 5 nitrogen and oxygen atoms in total. The summed E-state index contributed by atoms with van der Waals surface area (Å²) in [5.41, 5.74) is 2.13. The highest BCUT2D eigenvalue weighted by Gasteiger charge is 2.40. The lowest BCUT2D eigenvalue weighted by Gasteiger charge is -2.24. The highest BCUT2D eigenvalue weighted by molar-refractivity contribution is 7.98. The summed E-state index contributed by atoms with van der Waals surface area (Å²) in [5, 5.41) is 3.08. The van der Waals surface area contributed by atoms with Crippen molar-refractivity contribution in [2.24, 2.45) is 0 Å². The second kappa shape index (κ2) is 10.7. The molecule has 33 heavy (non-hydrogen) atoms. The first-order valence-electron chi connectivity index (χ1n) is 10.3. The fraction of sp³-hybridized carbons (Fsp3) is 0.292. The Morgan fingerprint density at radius 1 is 1.15 bits per heavy atom. The smallest absolute Gasteiger partial charge is 0.215 e. The number of carbonyl (C=O) groups is 1. The number of ether oxygens (including phenoxy) is 1. The first kappa shape index (κ1) is 24.6. The molecule has 1 fully saturated rings. The van der Waals surface area contributed by atoms with Crippen molar-refractivity contribution in [2.45, 2.75) is 31.4 Å². The first-order chi connectivity index (χ1) is 15.8. The molecule has 2 aromatic carbocycles. The molecule has 1 saturated carbocycles. The van der Waals surface area contributed by atoms with Crippen LogP contribution in [0.3, 0.4) is 0 Å². The molecule has 0 radical (unpaired) electrons. The Kier molecular flexibility index (Phi) is 7.97. The lowest BCUT2D eigenvalue weighted by Crippen LogP contribution is -2.28. The van der Waals surface area contributed by atoms with Crippen LogP contribution in [0.25, 0.3) is 0 Å². The van der Waals surface area contributed by atoms with Gasteiger partial charge in [-0.05, 0) is 79.6 Å². The third kappa shape index (κ3) is 5.84. The van der Waals surface area contributed by atoms with E-state index in [0.717, 1.165) is 23.6 Å². The molecule has 2 N–H and O–H groups in total. The van der Waals surface area contributed by atoms with Crippen molar-refractivity contribution in [3.8, 4) is 0 Å². The van der Waals surface area contributed by atoms with Gasteiger partial charge in [-0.1, -0.05) is 12.1 Å². The van der Waals surface area contributed by atoms with Crippen LogP contribution in [0.4, 0.5) is 18.9 Å². The van der Waals surface area contributed by atoms with Crippen LogP contribution in [0, 0.1) is 24.4 Å². The molecule has 176 valence electrons. The van der Waals surface area contributed by atoms with Gasteiger partial charge >= 0.3 is 0 Å². The average molecular weight is 478 g/mol. The van der Waals surface area contributed by atoms with Crippen LogP contribution in [0.1, 0.15) is 30.4 Å². The number of nitrogens with one attached hydrogen (secondary N) is 2. The molecule has 0 heterocycles. The van der Waals surface area contributed by atoms with E-state index >= 15 is 0 Å². The summed E-state index contributed by atoms with van der Waals surface area (Å²) in [6.45, 7) is 3.56. The summed E-state index contributed by atoms with van der Waals surface area (Å²) in [7, 11) is 3.03. The average Bonchev–Trinajstić information content (AvgIpc) is 3.57. The quantitative estimate of drug-likeness (QED) is 0.207. The Morgan fingerprint density at radius 3 is 2.52 bits per heavy atom. The van der Waals surface area contributed by atoms with E-state index in [4.69, 9.17) is 4.74 Å². The van der Waals surface area contributed by atoms with E-state index in [0.29, 0.717) is 23.7 Å². The van der Waals surface area contributed by atoms with Gasteiger partial charge in [-0.15, -0.1) is 0 Å². The van der Waals surface area contributed by atoms with Crippen LogP contribution < -0.4 is 10.0 Å². The SMILES string of the molecule is C/C=C(OC)\C(NSC1CC1c1ccc(F)c(F)c1)=C(\Nc1ccc(C)cc1F)N(C)C=O. The molecular weight excluding hydrogens is 451 g/mol. The minimum Gasteiger partial charge on any atom is -0.495 e. The molecular formula is C24H26F3N3O2S. The summed E-state index contributed by atoms with van der Waals surface area (Å²) in [6, 6.07) is 8.68. The molecule has 2 aromatic rings. The van der Waals surface area contributed by atoms with Gasteiger partial charge in [-0.2, -0.15) is 0 Å². The number of benzene rings is 2. The maximum atomic E-state index is 14.5. The Labute approximate surface area is 195 Å². The van der Waals surface area contributed by atoms with Crippen molar-refractivity contribution in [3.05, 3.63) is 88.3 Å². The maximum Gasteiger partial charge on any atom is 0.215 e. The van der Waals surface area contributed by atoms with E-state index in [2.05, 4.69) is 10.0 Å². The molecule has 0 aromatic heterocycles. The molecule has 1 amide bonds. The Hall–Kier alpha value is -3.07. The zero-order chi connectivity index (χ0) is 24.1. The minimum atomic E-state index is -0.874. The highest BCUT2D eigenvalue weighted by Crippen LogP contribution is 2.49. The van der Waals surface area contributed by atoms with Crippen LogP contribution in [-0.4, -0.2) is 30.7 Å². The predicted octanol–water partition coefficient (Wildman–Crippen LogP) is 5.43. The van der Waals surface area contributed by atoms with Crippen LogP contribution in [0.15, 0.2) is 59.8 Å². The molecule has 9 heteroatoms. The van der Waals surface area contributed by atoms with Crippen LogP contribution in [0.5, 0.6) is 0 Å². The monoisotopic (exact) mass is 477 g/mol. The van der Waals surface area contributed by atoms with Crippen LogP contribution in [0.2, 0.25) is 0 Å². The van der Waals surface area contributed by atoms with Crippen LogP contribution >= 0.6 is 11.9 Å². The summed E-state index contributed by atoms with van der Waals surface area (Å²) in [6.07, 6.45) is 3.09. The largest absolute Gasteiger partial charge is 0.495 e. The van der Waals surface area contributed by atoms with Crippen LogP contribution in [-0.2, 0) is 9.53 Å². The summed E-state index contributed by atoms with van der Waals surface area (Å²) in [4.78, 5) is 12.9. The number of hydrogen-bond donors (Lipinski definition) is 2. The second-order valence-corrected chi connectivity index (χ2v) is 8.72. The zero-order valence-electron chi connectivity index (χ0n) is 18.8. The second-order valence-electron chi connectivity index (χ2n) is 7.68. The Balaban J connectivity index is 1.86. The van der Waals surface area contributed by atoms with E-state index < -0.39 is 17.5 Å². The number of allylic oxidation sites excluding steroid dienone is 1. The topological polar surface area (TPSA) is 53.6 Å². The van der Waals surface area contributed by atoms with E-state index in [-0.39, 0.29) is 16.9 Å². The van der Waals surface area contributed by atoms with Gasteiger partial charge in [0.05, 0.1) is 12.8 Å². The lowest BCUT2D eigenvalue weighted by atomic mass is 10.1. The van der Waals surface area contributed by atoms with E-state index in [1.165, 1.54) is 43.1 Å². The lowest BCUT2D eigenvalue weighted by molar-refractivity contribution is -0.115. The molecule has 1 aliphatic carbocycles. The molecule has 0 bridgehead atoms. The van der Waals surface area contributed by atoms with Gasteiger partial charge in [-0.3, -0.25) is 4.79 Å². The van der Waals surface area contributed by atoms with Gasteiger partial charge in [0.1, 0.15) is 23.1 Å². The van der Waals surface area contributed by atoms with Crippen molar-refractivity contribution in [1.29, 1.82) is 0 Å². The van der Waals surface area contributed by atoms with Gasteiger partial charge < -0.3 is 19.7 Å². The van der Waals surface area contributed by atoms with Crippen molar-refractivity contribution < 1.29 is 22.7 Å². The predicted molar refractivity (Wildman–Crippen MR) is 125 cm³/mol. The number of hydrogen-bond acceptors (Lipinski definition) is 5. The highest BCUT2D eigenvalue weighted by atomic mass is 32.2. The number of aryl methyl sites for hydroxylation is 1. The summed E-state index contributed by atoms with van der Waals surface area (Å²) >= 11 is 1.37. The van der Waals surface area contributed by atoms with Gasteiger partial charge in [0.15, 0.2) is 11.6 Å². The van der Waals surface area contributed by atoms with E-state index in [1.807, 2.05) is 0 Å². The molecule has 2 atom stereocenters. The normalized spacial score (nSPS) is 18.3. The number of anilines is 1. The Morgan fingerprint density at radius 2 is 1.91 bits per heavy atom. The fourth-order valence-electron chi connectivity index (χ4n) is 3.34. The molecule has 1 aliphatic rings. The van der Waals surface area contributed by atoms with Gasteiger partial charge in [-0.25, -0.2) is 13.2 Å². The van der Waals surface area contributed by atoms with Gasteiger partial charge in [0.25, 0.3) is 0 Å². The summed E-state index contributed by atoms with van der Waals surface area (Å²) in [5.74, 6) is -1.41. The van der Waals surface area contributed by atoms with Crippen molar-refractivity contribution in [3.63, 3.8) is 0 Å². The third-order valence-corrected chi connectivity index (χ3v) is 6.42. The summed E-state index contributed by atoms with van der Waals surface area (Å²) < 4.78 is 50.1. The third-order valence-electron chi connectivity index (χ3n) is 5.27. The van der Waals surface area contributed by atoms with Crippen molar-refractivity contribution in [1.82, 2.24) is 9.62 Å². The van der Waals surface area contributed by atoms with E-state index in [9.17, 15) is 18.0 Å². The molecule has 3 rings (SSSR count).